The van der Waals surface area contributed by atoms with Crippen molar-refractivity contribution in [1.29, 1.82) is 0 Å². The molecule has 0 bridgehead atoms. The van der Waals surface area contributed by atoms with E-state index >= 15 is 0 Å². The third-order valence-corrected chi connectivity index (χ3v) is 5.92. The molecule has 0 aliphatic rings. The van der Waals surface area contributed by atoms with Crippen LogP contribution >= 0.6 is 11.8 Å². The van der Waals surface area contributed by atoms with Crippen molar-refractivity contribution in [1.82, 2.24) is 9.55 Å². The lowest BCUT2D eigenvalue weighted by Gasteiger charge is -2.15. The van der Waals surface area contributed by atoms with E-state index in [2.05, 4.69) is 10.3 Å². The van der Waals surface area contributed by atoms with Crippen LogP contribution in [0.5, 0.6) is 5.75 Å². The molecule has 166 valence electrons. The van der Waals surface area contributed by atoms with Crippen molar-refractivity contribution < 1.29 is 14.3 Å². The number of hydrogen-bond acceptors (Lipinski definition) is 6. The fourth-order valence-corrected chi connectivity index (χ4v) is 4.16. The minimum atomic E-state index is -0.260. The number of anilines is 1. The molecule has 1 heterocycles. The second-order valence-electron chi connectivity index (χ2n) is 7.19. The molecule has 0 atom stereocenters. The average molecular weight is 460 g/mol. The van der Waals surface area contributed by atoms with Gasteiger partial charge in [0.1, 0.15) is 5.75 Å². The number of aromatic nitrogens is 2. The number of carbonyl (C=O) groups excluding carboxylic acids is 2. The van der Waals surface area contributed by atoms with Gasteiger partial charge in [-0.1, -0.05) is 36.0 Å². The maximum Gasteiger partial charge on any atom is 0.266 e. The molecule has 1 amide bonds. The summed E-state index contributed by atoms with van der Waals surface area (Å²) in [6, 6.07) is 20.9. The van der Waals surface area contributed by atoms with Crippen molar-refractivity contribution in [3.63, 3.8) is 0 Å². The third-order valence-electron chi connectivity index (χ3n) is 4.98. The SMILES string of the molecule is COc1ccccc1-n1c(SCC(=O)Nc2ccc(C(C)=O)cc2)nc2ccccc2c1=O. The normalized spacial score (nSPS) is 10.7. The lowest BCUT2D eigenvalue weighted by molar-refractivity contribution is -0.113. The van der Waals surface area contributed by atoms with E-state index in [0.29, 0.717) is 38.7 Å². The van der Waals surface area contributed by atoms with E-state index < -0.39 is 0 Å². The van der Waals surface area contributed by atoms with Crippen molar-refractivity contribution in [3.8, 4) is 11.4 Å². The number of nitrogens with zero attached hydrogens (tertiary/aromatic N) is 2. The van der Waals surface area contributed by atoms with E-state index in [4.69, 9.17) is 4.74 Å². The van der Waals surface area contributed by atoms with Gasteiger partial charge in [-0.25, -0.2) is 4.98 Å². The van der Waals surface area contributed by atoms with Gasteiger partial charge in [-0.05, 0) is 55.5 Å². The van der Waals surface area contributed by atoms with Gasteiger partial charge >= 0.3 is 0 Å². The van der Waals surface area contributed by atoms with Crippen LogP contribution in [0.4, 0.5) is 5.69 Å². The number of carbonyl (C=O) groups is 2. The van der Waals surface area contributed by atoms with Crippen LogP contribution in [-0.4, -0.2) is 34.1 Å². The summed E-state index contributed by atoms with van der Waals surface area (Å²) < 4.78 is 6.93. The first kappa shape index (κ1) is 22.3. The van der Waals surface area contributed by atoms with Gasteiger partial charge in [-0.2, -0.15) is 0 Å². The van der Waals surface area contributed by atoms with Crippen molar-refractivity contribution in [2.75, 3.05) is 18.2 Å². The maximum atomic E-state index is 13.4. The van der Waals surface area contributed by atoms with Crippen LogP contribution in [0.15, 0.2) is 82.7 Å². The first-order chi connectivity index (χ1) is 16.0. The Kier molecular flexibility index (Phi) is 6.55. The lowest BCUT2D eigenvalue weighted by atomic mass is 10.1. The Morgan fingerprint density at radius 2 is 1.70 bits per heavy atom. The second-order valence-corrected chi connectivity index (χ2v) is 8.14. The quantitative estimate of drug-likeness (QED) is 0.251. The van der Waals surface area contributed by atoms with E-state index in [1.54, 1.807) is 54.6 Å². The Morgan fingerprint density at radius 1 is 1.00 bits per heavy atom. The zero-order valence-electron chi connectivity index (χ0n) is 18.1. The predicted molar refractivity (Wildman–Crippen MR) is 130 cm³/mol. The van der Waals surface area contributed by atoms with Crippen molar-refractivity contribution in [3.05, 3.63) is 88.7 Å². The van der Waals surface area contributed by atoms with Gasteiger partial charge in [0.2, 0.25) is 5.91 Å². The maximum absolute atomic E-state index is 13.4. The molecule has 0 saturated heterocycles. The number of ketones is 1. The van der Waals surface area contributed by atoms with Gasteiger partial charge in [-0.3, -0.25) is 19.0 Å². The lowest BCUT2D eigenvalue weighted by Crippen LogP contribution is -2.23. The molecule has 4 rings (SSSR count). The molecule has 0 aliphatic carbocycles. The van der Waals surface area contributed by atoms with Crippen LogP contribution in [0.2, 0.25) is 0 Å². The standard InChI is InChI=1S/C25H21N3O4S/c1-16(29)17-11-13-18(14-12-17)26-23(30)15-33-25-27-20-8-4-3-7-19(20)24(31)28(25)21-9-5-6-10-22(21)32-2/h3-14H,15H2,1-2H3,(H,26,30). The summed E-state index contributed by atoms with van der Waals surface area (Å²) in [6.07, 6.45) is 0. The number of Topliss-reactive ketones (excluding diaryl/α,β-unsaturated/α-hetero) is 1. The summed E-state index contributed by atoms with van der Waals surface area (Å²) >= 11 is 1.16. The fraction of sp³-hybridized carbons (Fsp3) is 0.120. The van der Waals surface area contributed by atoms with E-state index in [1.165, 1.54) is 18.6 Å². The minimum Gasteiger partial charge on any atom is -0.495 e. The van der Waals surface area contributed by atoms with Gasteiger partial charge in [0, 0.05) is 11.3 Å². The third kappa shape index (κ3) is 4.80. The van der Waals surface area contributed by atoms with Gasteiger partial charge in [0.05, 0.1) is 29.5 Å². The highest BCUT2D eigenvalue weighted by atomic mass is 32.2. The number of amides is 1. The number of rotatable bonds is 7. The average Bonchev–Trinajstić information content (AvgIpc) is 2.83. The summed E-state index contributed by atoms with van der Waals surface area (Å²) in [4.78, 5) is 42.0. The zero-order valence-corrected chi connectivity index (χ0v) is 18.9. The van der Waals surface area contributed by atoms with Crippen molar-refractivity contribution in [2.45, 2.75) is 12.1 Å². The van der Waals surface area contributed by atoms with Crippen LogP contribution in [0, 0.1) is 0 Å². The van der Waals surface area contributed by atoms with Gasteiger partial charge < -0.3 is 10.1 Å². The van der Waals surface area contributed by atoms with E-state index in [-0.39, 0.29) is 23.0 Å². The number of methoxy groups -OCH3 is 1. The van der Waals surface area contributed by atoms with Crippen molar-refractivity contribution >= 4 is 40.0 Å². The molecule has 3 aromatic carbocycles. The fourth-order valence-electron chi connectivity index (χ4n) is 3.35. The molecule has 1 aromatic heterocycles. The Bertz CT molecular complexity index is 1400. The number of thioether (sulfide) groups is 1. The number of hydrogen-bond donors (Lipinski definition) is 1. The Morgan fingerprint density at radius 3 is 2.42 bits per heavy atom. The Labute approximate surface area is 194 Å². The highest BCUT2D eigenvalue weighted by Crippen LogP contribution is 2.27. The van der Waals surface area contributed by atoms with Gasteiger partial charge in [-0.15, -0.1) is 0 Å². The molecule has 0 radical (unpaired) electrons. The Balaban J connectivity index is 1.65. The minimum absolute atomic E-state index is 0.0361. The number of benzene rings is 3. The van der Waals surface area contributed by atoms with Crippen LogP contribution in [0.1, 0.15) is 17.3 Å². The molecule has 33 heavy (non-hydrogen) atoms. The van der Waals surface area contributed by atoms with Crippen LogP contribution in [0.25, 0.3) is 16.6 Å². The summed E-state index contributed by atoms with van der Waals surface area (Å²) in [5.41, 5.74) is 2.01. The summed E-state index contributed by atoms with van der Waals surface area (Å²) in [6.45, 7) is 1.49. The zero-order chi connectivity index (χ0) is 23.4. The topological polar surface area (TPSA) is 90.3 Å². The van der Waals surface area contributed by atoms with Crippen LogP contribution < -0.4 is 15.6 Å². The van der Waals surface area contributed by atoms with Crippen LogP contribution in [-0.2, 0) is 4.79 Å². The number of nitrogens with one attached hydrogen (secondary N) is 1. The molecule has 4 aromatic rings. The first-order valence-electron chi connectivity index (χ1n) is 10.2. The molecule has 0 fully saturated rings. The molecule has 7 nitrogen and oxygen atoms in total. The molecule has 0 aliphatic heterocycles. The molecular weight excluding hydrogens is 438 g/mol. The van der Waals surface area contributed by atoms with Crippen LogP contribution in [0.3, 0.4) is 0 Å². The molecule has 0 spiro atoms. The van der Waals surface area contributed by atoms with Crippen molar-refractivity contribution in [2.24, 2.45) is 0 Å². The van der Waals surface area contributed by atoms with Gasteiger partial charge in [0.15, 0.2) is 10.9 Å². The number of para-hydroxylation sites is 3. The highest BCUT2D eigenvalue weighted by Gasteiger charge is 2.17. The summed E-state index contributed by atoms with van der Waals surface area (Å²) in [5.74, 6) is 0.257. The second kappa shape index (κ2) is 9.70. The first-order valence-corrected chi connectivity index (χ1v) is 11.2. The van der Waals surface area contributed by atoms with E-state index in [1.807, 2.05) is 18.2 Å². The summed E-state index contributed by atoms with van der Waals surface area (Å²) in [7, 11) is 1.54. The molecular formula is C25H21N3O4S. The monoisotopic (exact) mass is 459 g/mol. The molecule has 1 N–H and O–H groups in total. The Hall–Kier alpha value is -3.91. The molecule has 0 saturated carbocycles. The van der Waals surface area contributed by atoms with E-state index in [9.17, 15) is 14.4 Å². The summed E-state index contributed by atoms with van der Waals surface area (Å²) in [5, 5.41) is 3.66. The largest absolute Gasteiger partial charge is 0.495 e. The van der Waals surface area contributed by atoms with Gasteiger partial charge in [0.25, 0.3) is 5.56 Å². The number of fused-ring (bicyclic) bond motifs is 1. The molecule has 0 unspecified atom stereocenters. The molecule has 8 heteroatoms. The van der Waals surface area contributed by atoms with E-state index in [0.717, 1.165) is 11.8 Å². The number of ether oxygens (including phenoxy) is 1. The highest BCUT2D eigenvalue weighted by molar-refractivity contribution is 7.99. The smallest absolute Gasteiger partial charge is 0.266 e. The predicted octanol–water partition coefficient (Wildman–Crippen LogP) is 4.33.